The summed E-state index contributed by atoms with van der Waals surface area (Å²) in [7, 11) is 0. The second-order valence-electron chi connectivity index (χ2n) is 5.68. The van der Waals surface area contributed by atoms with Gasteiger partial charge in [-0.15, -0.1) is 11.3 Å². The standard InChI is InChI=1S/C14H21BrN2OS/c1-14(2,10-4-3-5-16-7-10)13(18)17-8-12-6-11(15)9-19-12/h6,9-10,16H,3-5,7-8H2,1-2H3,(H,17,18). The number of amides is 1. The molecule has 1 aliphatic rings. The van der Waals surface area contributed by atoms with Crippen molar-refractivity contribution in [3.05, 3.63) is 20.8 Å². The molecule has 1 fully saturated rings. The number of nitrogens with one attached hydrogen (secondary N) is 2. The Hall–Kier alpha value is -0.390. The maximum atomic E-state index is 12.4. The van der Waals surface area contributed by atoms with E-state index in [1.54, 1.807) is 11.3 Å². The minimum atomic E-state index is -0.304. The Morgan fingerprint density at radius 3 is 3.00 bits per heavy atom. The molecule has 0 spiro atoms. The summed E-state index contributed by atoms with van der Waals surface area (Å²) in [4.78, 5) is 13.6. The van der Waals surface area contributed by atoms with Gasteiger partial charge in [0.15, 0.2) is 0 Å². The summed E-state index contributed by atoms with van der Waals surface area (Å²) >= 11 is 5.09. The van der Waals surface area contributed by atoms with Gasteiger partial charge in [0.1, 0.15) is 0 Å². The lowest BCUT2D eigenvalue weighted by molar-refractivity contribution is -0.132. The maximum absolute atomic E-state index is 12.4. The molecule has 1 amide bonds. The van der Waals surface area contributed by atoms with Crippen molar-refractivity contribution in [2.24, 2.45) is 11.3 Å². The van der Waals surface area contributed by atoms with E-state index < -0.39 is 0 Å². The minimum absolute atomic E-state index is 0.158. The van der Waals surface area contributed by atoms with Crippen molar-refractivity contribution >= 4 is 33.2 Å². The van der Waals surface area contributed by atoms with Crippen molar-refractivity contribution in [1.29, 1.82) is 0 Å². The fourth-order valence-electron chi connectivity index (χ4n) is 2.49. The minimum Gasteiger partial charge on any atom is -0.351 e. The van der Waals surface area contributed by atoms with Crippen LogP contribution in [-0.4, -0.2) is 19.0 Å². The molecule has 0 aromatic carbocycles. The molecule has 5 heteroatoms. The fraction of sp³-hybridized carbons (Fsp3) is 0.643. The number of carbonyl (C=O) groups excluding carboxylic acids is 1. The van der Waals surface area contributed by atoms with Crippen molar-refractivity contribution in [3.8, 4) is 0 Å². The van der Waals surface area contributed by atoms with Gasteiger partial charge < -0.3 is 10.6 Å². The Morgan fingerprint density at radius 1 is 1.63 bits per heavy atom. The first-order valence-electron chi connectivity index (χ1n) is 6.72. The monoisotopic (exact) mass is 344 g/mol. The van der Waals surface area contributed by atoms with Gasteiger partial charge in [0.05, 0.1) is 6.54 Å². The van der Waals surface area contributed by atoms with E-state index in [0.717, 1.165) is 24.0 Å². The Bertz CT molecular complexity index is 438. The number of thiophene rings is 1. The van der Waals surface area contributed by atoms with Crippen LogP contribution >= 0.6 is 27.3 Å². The van der Waals surface area contributed by atoms with E-state index in [4.69, 9.17) is 0 Å². The Kier molecular flexibility index (Phi) is 5.03. The molecule has 2 heterocycles. The maximum Gasteiger partial charge on any atom is 0.226 e. The van der Waals surface area contributed by atoms with Gasteiger partial charge in [0, 0.05) is 20.1 Å². The van der Waals surface area contributed by atoms with Crippen LogP contribution in [0.4, 0.5) is 0 Å². The van der Waals surface area contributed by atoms with Gasteiger partial charge >= 0.3 is 0 Å². The topological polar surface area (TPSA) is 41.1 Å². The van der Waals surface area contributed by atoms with Gasteiger partial charge in [-0.3, -0.25) is 4.79 Å². The summed E-state index contributed by atoms with van der Waals surface area (Å²) in [6, 6.07) is 2.06. The van der Waals surface area contributed by atoms with Crippen LogP contribution in [0.3, 0.4) is 0 Å². The first-order valence-corrected chi connectivity index (χ1v) is 8.39. The van der Waals surface area contributed by atoms with Crippen molar-refractivity contribution in [2.75, 3.05) is 13.1 Å². The Balaban J connectivity index is 1.90. The lowest BCUT2D eigenvalue weighted by Gasteiger charge is -2.36. The van der Waals surface area contributed by atoms with Crippen molar-refractivity contribution in [1.82, 2.24) is 10.6 Å². The van der Waals surface area contributed by atoms with Gasteiger partial charge in [0.2, 0.25) is 5.91 Å². The summed E-state index contributed by atoms with van der Waals surface area (Å²) in [5.41, 5.74) is -0.304. The third kappa shape index (κ3) is 3.80. The highest BCUT2D eigenvalue weighted by Gasteiger charge is 2.36. The molecule has 1 saturated heterocycles. The predicted octanol–water partition coefficient (Wildman–Crippen LogP) is 3.15. The molecule has 2 N–H and O–H groups in total. The van der Waals surface area contributed by atoms with Gasteiger partial charge in [-0.1, -0.05) is 13.8 Å². The summed E-state index contributed by atoms with van der Waals surface area (Å²) < 4.78 is 1.08. The molecule has 1 atom stereocenters. The van der Waals surface area contributed by atoms with Crippen LogP contribution in [0.5, 0.6) is 0 Å². The number of halogens is 1. The van der Waals surface area contributed by atoms with E-state index in [2.05, 4.69) is 46.5 Å². The second-order valence-corrected chi connectivity index (χ2v) is 7.59. The average molecular weight is 345 g/mol. The molecular weight excluding hydrogens is 324 g/mol. The van der Waals surface area contributed by atoms with Crippen molar-refractivity contribution < 1.29 is 4.79 Å². The molecule has 106 valence electrons. The summed E-state index contributed by atoms with van der Waals surface area (Å²) in [6.07, 6.45) is 2.30. The van der Waals surface area contributed by atoms with Crippen molar-refractivity contribution in [2.45, 2.75) is 33.2 Å². The second kappa shape index (κ2) is 6.37. The molecule has 0 bridgehead atoms. The van der Waals surface area contributed by atoms with Crippen LogP contribution in [0.15, 0.2) is 15.9 Å². The van der Waals surface area contributed by atoms with E-state index >= 15 is 0 Å². The summed E-state index contributed by atoms with van der Waals surface area (Å²) in [6.45, 7) is 6.77. The van der Waals surface area contributed by atoms with Crippen LogP contribution in [0, 0.1) is 11.3 Å². The largest absolute Gasteiger partial charge is 0.351 e. The third-order valence-corrected chi connectivity index (χ3v) is 5.65. The molecule has 2 rings (SSSR count). The van der Waals surface area contributed by atoms with Crippen LogP contribution in [0.1, 0.15) is 31.6 Å². The lowest BCUT2D eigenvalue weighted by Crippen LogP contribution is -2.47. The van der Waals surface area contributed by atoms with Crippen LogP contribution < -0.4 is 10.6 Å². The molecule has 1 aromatic heterocycles. The Labute approximate surface area is 127 Å². The third-order valence-electron chi connectivity index (χ3n) is 3.95. The zero-order valence-electron chi connectivity index (χ0n) is 11.5. The number of hydrogen-bond acceptors (Lipinski definition) is 3. The molecule has 0 aliphatic carbocycles. The zero-order valence-corrected chi connectivity index (χ0v) is 13.9. The van der Waals surface area contributed by atoms with Crippen LogP contribution in [-0.2, 0) is 11.3 Å². The predicted molar refractivity (Wildman–Crippen MR) is 83.2 cm³/mol. The van der Waals surface area contributed by atoms with Crippen LogP contribution in [0.25, 0.3) is 0 Å². The zero-order chi connectivity index (χ0) is 13.9. The van der Waals surface area contributed by atoms with E-state index in [-0.39, 0.29) is 11.3 Å². The Morgan fingerprint density at radius 2 is 2.42 bits per heavy atom. The molecule has 19 heavy (non-hydrogen) atoms. The van der Waals surface area contributed by atoms with Gasteiger partial charge in [0.25, 0.3) is 0 Å². The normalized spacial score (nSPS) is 20.3. The number of rotatable bonds is 4. The first-order chi connectivity index (χ1) is 9.00. The molecule has 0 saturated carbocycles. The highest BCUT2D eigenvalue weighted by Crippen LogP contribution is 2.32. The lowest BCUT2D eigenvalue weighted by atomic mass is 9.74. The van der Waals surface area contributed by atoms with E-state index in [1.165, 1.54) is 11.3 Å². The number of hydrogen-bond donors (Lipinski definition) is 2. The highest BCUT2D eigenvalue weighted by molar-refractivity contribution is 9.10. The van der Waals surface area contributed by atoms with Gasteiger partial charge in [-0.25, -0.2) is 0 Å². The summed E-state index contributed by atoms with van der Waals surface area (Å²) in [5, 5.41) is 8.50. The van der Waals surface area contributed by atoms with Crippen molar-refractivity contribution in [3.63, 3.8) is 0 Å². The number of piperidine rings is 1. The molecule has 0 radical (unpaired) electrons. The first kappa shape index (κ1) is 15.0. The number of carbonyl (C=O) groups is 1. The molecule has 1 unspecified atom stereocenters. The van der Waals surface area contributed by atoms with Crippen LogP contribution in [0.2, 0.25) is 0 Å². The average Bonchev–Trinajstić information content (AvgIpc) is 2.82. The summed E-state index contributed by atoms with van der Waals surface area (Å²) in [5.74, 6) is 0.585. The highest BCUT2D eigenvalue weighted by atomic mass is 79.9. The smallest absolute Gasteiger partial charge is 0.226 e. The molecule has 1 aromatic rings. The van der Waals surface area contributed by atoms with Gasteiger partial charge in [-0.2, -0.15) is 0 Å². The van der Waals surface area contributed by atoms with E-state index in [9.17, 15) is 4.79 Å². The molecular formula is C14H21BrN2OS. The fourth-order valence-corrected chi connectivity index (χ4v) is 3.89. The van der Waals surface area contributed by atoms with E-state index in [0.29, 0.717) is 12.5 Å². The van der Waals surface area contributed by atoms with E-state index in [1.807, 2.05) is 5.38 Å². The molecule has 3 nitrogen and oxygen atoms in total. The quantitative estimate of drug-likeness (QED) is 0.880. The molecule has 1 aliphatic heterocycles. The van der Waals surface area contributed by atoms with Gasteiger partial charge in [-0.05, 0) is 53.8 Å². The SMILES string of the molecule is CC(C)(C(=O)NCc1cc(Br)cs1)C1CCCNC1.